The smallest absolute Gasteiger partial charge is 0.407 e. The van der Waals surface area contributed by atoms with Crippen LogP contribution in [0.4, 0.5) is 4.79 Å². The molecule has 2 rings (SSSR count). The molecule has 2 unspecified atom stereocenters. The van der Waals surface area contributed by atoms with Gasteiger partial charge in [-0.05, 0) is 58.9 Å². The topological polar surface area (TPSA) is 59.6 Å². The van der Waals surface area contributed by atoms with Crippen LogP contribution < -0.4 is 10.6 Å². The van der Waals surface area contributed by atoms with Gasteiger partial charge in [0.2, 0.25) is 0 Å². The van der Waals surface area contributed by atoms with Crippen molar-refractivity contribution >= 4 is 6.09 Å². The Labute approximate surface area is 121 Å². The van der Waals surface area contributed by atoms with E-state index in [2.05, 4.69) is 10.6 Å². The second-order valence-electron chi connectivity index (χ2n) is 6.80. The van der Waals surface area contributed by atoms with Crippen LogP contribution in [0.3, 0.4) is 0 Å². The van der Waals surface area contributed by atoms with Gasteiger partial charge in [0.1, 0.15) is 5.60 Å². The molecule has 116 valence electrons. The highest BCUT2D eigenvalue weighted by atomic mass is 16.6. The van der Waals surface area contributed by atoms with E-state index in [9.17, 15) is 4.79 Å². The predicted octanol–water partition coefficient (Wildman–Crippen LogP) is 2.06. The third-order valence-electron chi connectivity index (χ3n) is 3.65. The van der Waals surface area contributed by atoms with Gasteiger partial charge >= 0.3 is 6.09 Å². The average molecular weight is 284 g/mol. The zero-order chi connectivity index (χ0) is 14.6. The summed E-state index contributed by atoms with van der Waals surface area (Å²) in [7, 11) is 0. The molecule has 0 bridgehead atoms. The molecule has 0 aromatic heterocycles. The lowest BCUT2D eigenvalue weighted by molar-refractivity contribution is 0.0526. The largest absolute Gasteiger partial charge is 0.444 e. The molecule has 5 heteroatoms. The number of hydrogen-bond donors (Lipinski definition) is 2. The minimum Gasteiger partial charge on any atom is -0.444 e. The van der Waals surface area contributed by atoms with E-state index in [1.54, 1.807) is 0 Å². The minimum atomic E-state index is -0.430. The lowest BCUT2D eigenvalue weighted by Crippen LogP contribution is -2.39. The molecule has 1 heterocycles. The van der Waals surface area contributed by atoms with Crippen molar-refractivity contribution in [2.24, 2.45) is 5.92 Å². The van der Waals surface area contributed by atoms with Crippen molar-refractivity contribution in [1.29, 1.82) is 0 Å². The fourth-order valence-corrected chi connectivity index (χ4v) is 2.60. The van der Waals surface area contributed by atoms with E-state index in [0.29, 0.717) is 18.7 Å². The van der Waals surface area contributed by atoms with Crippen molar-refractivity contribution in [2.45, 2.75) is 64.2 Å². The highest BCUT2D eigenvalue weighted by molar-refractivity contribution is 5.67. The first-order valence-electron chi connectivity index (χ1n) is 7.77. The van der Waals surface area contributed by atoms with Crippen LogP contribution in [-0.4, -0.2) is 43.5 Å². The van der Waals surface area contributed by atoms with E-state index >= 15 is 0 Å². The SMILES string of the molecule is CC(C)(C)OC(=O)NCCCNC1CCOC1C1CC1. The van der Waals surface area contributed by atoms with Crippen molar-refractivity contribution in [1.82, 2.24) is 10.6 Å². The molecule has 20 heavy (non-hydrogen) atoms. The molecule has 1 saturated carbocycles. The Kier molecular flexibility index (Phi) is 5.27. The van der Waals surface area contributed by atoms with Crippen LogP contribution in [0.15, 0.2) is 0 Å². The number of nitrogens with one attached hydrogen (secondary N) is 2. The summed E-state index contributed by atoms with van der Waals surface area (Å²) in [6.45, 7) is 8.04. The number of rotatable bonds is 6. The van der Waals surface area contributed by atoms with Gasteiger partial charge in [-0.25, -0.2) is 4.79 Å². The highest BCUT2D eigenvalue weighted by Gasteiger charge is 2.40. The van der Waals surface area contributed by atoms with E-state index in [4.69, 9.17) is 9.47 Å². The summed E-state index contributed by atoms with van der Waals surface area (Å²) < 4.78 is 11.0. The number of carbonyl (C=O) groups excluding carboxylic acids is 1. The molecule has 2 atom stereocenters. The summed E-state index contributed by atoms with van der Waals surface area (Å²) in [4.78, 5) is 11.5. The van der Waals surface area contributed by atoms with Gasteiger partial charge < -0.3 is 20.1 Å². The van der Waals surface area contributed by atoms with Crippen LogP contribution in [0.25, 0.3) is 0 Å². The number of hydrogen-bond acceptors (Lipinski definition) is 4. The summed E-state index contributed by atoms with van der Waals surface area (Å²) >= 11 is 0. The fraction of sp³-hybridized carbons (Fsp3) is 0.933. The molecule has 2 N–H and O–H groups in total. The molecule has 0 radical (unpaired) electrons. The molecule has 0 spiro atoms. The summed E-state index contributed by atoms with van der Waals surface area (Å²) in [6.07, 6.45) is 4.76. The molecule has 1 amide bonds. The Morgan fingerprint density at radius 2 is 2.00 bits per heavy atom. The maximum atomic E-state index is 11.5. The van der Waals surface area contributed by atoms with Gasteiger partial charge in [0, 0.05) is 19.2 Å². The molecule has 0 aromatic rings. The zero-order valence-electron chi connectivity index (χ0n) is 12.9. The van der Waals surface area contributed by atoms with Crippen molar-refractivity contribution in [3.63, 3.8) is 0 Å². The molecular weight excluding hydrogens is 256 g/mol. The monoisotopic (exact) mass is 284 g/mol. The third kappa shape index (κ3) is 5.29. The normalized spacial score (nSPS) is 26.6. The van der Waals surface area contributed by atoms with Gasteiger partial charge in [-0.3, -0.25) is 0 Å². The maximum Gasteiger partial charge on any atom is 0.407 e. The summed E-state index contributed by atoms with van der Waals surface area (Å²) in [6, 6.07) is 0.504. The summed E-state index contributed by atoms with van der Waals surface area (Å²) in [5, 5.41) is 6.34. The van der Waals surface area contributed by atoms with E-state index in [1.165, 1.54) is 12.8 Å². The predicted molar refractivity (Wildman–Crippen MR) is 77.7 cm³/mol. The fourth-order valence-electron chi connectivity index (χ4n) is 2.60. The van der Waals surface area contributed by atoms with Gasteiger partial charge in [-0.2, -0.15) is 0 Å². The first-order chi connectivity index (χ1) is 9.46. The Balaban J connectivity index is 1.52. The zero-order valence-corrected chi connectivity index (χ0v) is 12.9. The lowest BCUT2D eigenvalue weighted by atomic mass is 10.1. The van der Waals surface area contributed by atoms with Crippen molar-refractivity contribution in [3.8, 4) is 0 Å². The maximum absolute atomic E-state index is 11.5. The number of carbonyl (C=O) groups is 1. The van der Waals surface area contributed by atoms with E-state index in [1.807, 2.05) is 20.8 Å². The van der Waals surface area contributed by atoms with Gasteiger partial charge in [0.05, 0.1) is 6.10 Å². The Bertz CT molecular complexity index is 324. The second-order valence-corrected chi connectivity index (χ2v) is 6.80. The van der Waals surface area contributed by atoms with Gasteiger partial charge in [-0.1, -0.05) is 0 Å². The molecule has 1 aliphatic carbocycles. The summed E-state index contributed by atoms with van der Waals surface area (Å²) in [5.74, 6) is 0.787. The van der Waals surface area contributed by atoms with Crippen molar-refractivity contribution < 1.29 is 14.3 Å². The number of ether oxygens (including phenoxy) is 2. The Morgan fingerprint density at radius 3 is 2.65 bits per heavy atom. The average Bonchev–Trinajstić information content (AvgIpc) is 3.07. The molecule has 1 saturated heterocycles. The molecule has 2 fully saturated rings. The standard InChI is InChI=1S/C15H28N2O3/c1-15(2,3)20-14(18)17-9-4-8-16-12-7-10-19-13(12)11-5-6-11/h11-13,16H,4-10H2,1-3H3,(H,17,18). The highest BCUT2D eigenvalue weighted by Crippen LogP contribution is 2.38. The molecule has 2 aliphatic rings. The Hall–Kier alpha value is -0.810. The first-order valence-corrected chi connectivity index (χ1v) is 7.77. The van der Waals surface area contributed by atoms with Crippen LogP contribution in [-0.2, 0) is 9.47 Å². The van der Waals surface area contributed by atoms with Crippen molar-refractivity contribution in [3.05, 3.63) is 0 Å². The van der Waals surface area contributed by atoms with Crippen LogP contribution >= 0.6 is 0 Å². The molecule has 0 aromatic carbocycles. The third-order valence-corrected chi connectivity index (χ3v) is 3.65. The Morgan fingerprint density at radius 1 is 1.25 bits per heavy atom. The number of amides is 1. The summed E-state index contributed by atoms with van der Waals surface area (Å²) in [5.41, 5.74) is -0.430. The van der Waals surface area contributed by atoms with Crippen LogP contribution in [0.5, 0.6) is 0 Å². The van der Waals surface area contributed by atoms with E-state index < -0.39 is 5.60 Å². The van der Waals surface area contributed by atoms with E-state index in [-0.39, 0.29) is 6.09 Å². The van der Waals surface area contributed by atoms with Gasteiger partial charge in [-0.15, -0.1) is 0 Å². The van der Waals surface area contributed by atoms with Crippen LogP contribution in [0, 0.1) is 5.92 Å². The second kappa shape index (κ2) is 6.76. The quantitative estimate of drug-likeness (QED) is 0.733. The van der Waals surface area contributed by atoms with Crippen LogP contribution in [0.1, 0.15) is 46.5 Å². The van der Waals surface area contributed by atoms with Crippen LogP contribution in [0.2, 0.25) is 0 Å². The van der Waals surface area contributed by atoms with Gasteiger partial charge in [0.25, 0.3) is 0 Å². The lowest BCUT2D eigenvalue weighted by Gasteiger charge is -2.20. The molecular formula is C15H28N2O3. The first kappa shape index (κ1) is 15.6. The number of alkyl carbamates (subject to hydrolysis) is 1. The van der Waals surface area contributed by atoms with Gasteiger partial charge in [0.15, 0.2) is 0 Å². The van der Waals surface area contributed by atoms with Crippen molar-refractivity contribution in [2.75, 3.05) is 19.7 Å². The molecule has 5 nitrogen and oxygen atoms in total. The minimum absolute atomic E-state index is 0.336. The molecule has 1 aliphatic heterocycles. The van der Waals surface area contributed by atoms with E-state index in [0.717, 1.165) is 31.9 Å².